The summed E-state index contributed by atoms with van der Waals surface area (Å²) < 4.78 is 4.97. The van der Waals surface area contributed by atoms with Gasteiger partial charge in [-0.15, -0.1) is 0 Å². The van der Waals surface area contributed by atoms with Gasteiger partial charge in [0.2, 0.25) is 0 Å². The molecule has 0 fully saturated rings. The molecular formula is C12H19NO2. The Kier molecular flexibility index (Phi) is 4.98. The maximum absolute atomic E-state index is 9.54. The van der Waals surface area contributed by atoms with Crippen LogP contribution < -0.4 is 10.1 Å². The van der Waals surface area contributed by atoms with Crippen LogP contribution in [-0.4, -0.2) is 18.8 Å². The van der Waals surface area contributed by atoms with E-state index >= 15 is 0 Å². The fourth-order valence-electron chi connectivity index (χ4n) is 1.38. The molecule has 0 aliphatic carbocycles. The number of nitrogens with one attached hydrogen (secondary N) is 1. The Morgan fingerprint density at radius 2 is 2.20 bits per heavy atom. The van der Waals surface area contributed by atoms with Crippen LogP contribution in [0.15, 0.2) is 18.2 Å². The minimum atomic E-state index is 0.201. The van der Waals surface area contributed by atoms with Crippen LogP contribution >= 0.6 is 0 Å². The lowest BCUT2D eigenvalue weighted by Gasteiger charge is -2.07. The quantitative estimate of drug-likeness (QED) is 0.706. The maximum atomic E-state index is 9.54. The molecule has 0 heterocycles. The van der Waals surface area contributed by atoms with Crippen LogP contribution in [0.1, 0.15) is 25.3 Å². The van der Waals surface area contributed by atoms with Gasteiger partial charge in [0, 0.05) is 6.54 Å². The minimum Gasteiger partial charge on any atom is -0.504 e. The zero-order valence-corrected chi connectivity index (χ0v) is 9.42. The Balaban J connectivity index is 2.45. The summed E-state index contributed by atoms with van der Waals surface area (Å²) in [4.78, 5) is 0. The largest absolute Gasteiger partial charge is 0.504 e. The Hall–Kier alpha value is -1.22. The van der Waals surface area contributed by atoms with Crippen molar-refractivity contribution in [2.24, 2.45) is 0 Å². The van der Waals surface area contributed by atoms with Crippen molar-refractivity contribution in [2.75, 3.05) is 13.7 Å². The molecule has 1 aromatic rings. The molecule has 1 aromatic carbocycles. The zero-order valence-electron chi connectivity index (χ0n) is 9.42. The lowest BCUT2D eigenvalue weighted by atomic mass is 10.2. The number of aromatic hydroxyl groups is 1. The molecule has 3 nitrogen and oxygen atoms in total. The highest BCUT2D eigenvalue weighted by atomic mass is 16.5. The Morgan fingerprint density at radius 1 is 1.40 bits per heavy atom. The van der Waals surface area contributed by atoms with E-state index in [0.29, 0.717) is 5.75 Å². The van der Waals surface area contributed by atoms with Crippen LogP contribution in [0.2, 0.25) is 0 Å². The second-order valence-corrected chi connectivity index (χ2v) is 3.54. The number of hydrogen-bond acceptors (Lipinski definition) is 3. The van der Waals surface area contributed by atoms with E-state index in [1.165, 1.54) is 12.8 Å². The molecule has 0 bridgehead atoms. The number of phenolic OH excluding ortho intramolecular Hbond substituents is 1. The van der Waals surface area contributed by atoms with E-state index in [1.54, 1.807) is 19.2 Å². The third kappa shape index (κ3) is 3.80. The van der Waals surface area contributed by atoms with Gasteiger partial charge in [0.1, 0.15) is 0 Å². The van der Waals surface area contributed by atoms with E-state index in [0.717, 1.165) is 18.7 Å². The van der Waals surface area contributed by atoms with Crippen molar-refractivity contribution in [1.29, 1.82) is 0 Å². The molecule has 1 rings (SSSR count). The van der Waals surface area contributed by atoms with Crippen molar-refractivity contribution < 1.29 is 9.84 Å². The van der Waals surface area contributed by atoms with E-state index in [4.69, 9.17) is 4.74 Å². The zero-order chi connectivity index (χ0) is 11.1. The Bertz CT molecular complexity index is 300. The summed E-state index contributed by atoms with van der Waals surface area (Å²) in [5, 5.41) is 12.9. The third-order valence-corrected chi connectivity index (χ3v) is 2.28. The molecule has 0 spiro atoms. The second-order valence-electron chi connectivity index (χ2n) is 3.54. The van der Waals surface area contributed by atoms with Crippen LogP contribution in [0.4, 0.5) is 0 Å². The van der Waals surface area contributed by atoms with E-state index in [-0.39, 0.29) is 5.75 Å². The summed E-state index contributed by atoms with van der Waals surface area (Å²) in [6.45, 7) is 3.97. The summed E-state index contributed by atoms with van der Waals surface area (Å²) >= 11 is 0. The maximum Gasteiger partial charge on any atom is 0.160 e. The molecule has 15 heavy (non-hydrogen) atoms. The normalized spacial score (nSPS) is 10.3. The van der Waals surface area contributed by atoms with Gasteiger partial charge in [-0.1, -0.05) is 19.4 Å². The van der Waals surface area contributed by atoms with Crippen molar-refractivity contribution in [3.63, 3.8) is 0 Å². The molecular weight excluding hydrogens is 190 g/mol. The summed E-state index contributed by atoms with van der Waals surface area (Å²) in [5.41, 5.74) is 1.07. The van der Waals surface area contributed by atoms with E-state index in [2.05, 4.69) is 12.2 Å². The average Bonchev–Trinajstić information content (AvgIpc) is 2.25. The van der Waals surface area contributed by atoms with E-state index < -0.39 is 0 Å². The number of rotatable bonds is 6. The number of hydrogen-bond donors (Lipinski definition) is 2. The van der Waals surface area contributed by atoms with Crippen LogP contribution in [0.3, 0.4) is 0 Å². The first-order valence-electron chi connectivity index (χ1n) is 5.34. The number of benzene rings is 1. The number of phenols is 1. The van der Waals surface area contributed by atoms with Gasteiger partial charge in [-0.3, -0.25) is 0 Å². The van der Waals surface area contributed by atoms with Gasteiger partial charge < -0.3 is 15.2 Å². The van der Waals surface area contributed by atoms with Gasteiger partial charge in [-0.05, 0) is 30.7 Å². The molecule has 84 valence electrons. The summed E-state index contributed by atoms with van der Waals surface area (Å²) in [7, 11) is 1.55. The van der Waals surface area contributed by atoms with Gasteiger partial charge >= 0.3 is 0 Å². The fourth-order valence-corrected chi connectivity index (χ4v) is 1.38. The molecule has 0 atom stereocenters. The van der Waals surface area contributed by atoms with Crippen molar-refractivity contribution in [2.45, 2.75) is 26.3 Å². The molecule has 3 heteroatoms. The molecule has 0 aliphatic rings. The van der Waals surface area contributed by atoms with Gasteiger partial charge in [0.05, 0.1) is 7.11 Å². The van der Waals surface area contributed by atoms with Crippen LogP contribution in [0.25, 0.3) is 0 Å². The number of methoxy groups -OCH3 is 1. The highest BCUT2D eigenvalue weighted by Crippen LogP contribution is 2.25. The van der Waals surface area contributed by atoms with Crippen LogP contribution in [0.5, 0.6) is 11.5 Å². The van der Waals surface area contributed by atoms with Crippen molar-refractivity contribution >= 4 is 0 Å². The van der Waals surface area contributed by atoms with Crippen LogP contribution in [0, 0.1) is 0 Å². The molecule has 2 N–H and O–H groups in total. The van der Waals surface area contributed by atoms with Gasteiger partial charge in [-0.25, -0.2) is 0 Å². The van der Waals surface area contributed by atoms with Gasteiger partial charge in [-0.2, -0.15) is 0 Å². The van der Waals surface area contributed by atoms with Crippen LogP contribution in [-0.2, 0) is 6.54 Å². The van der Waals surface area contributed by atoms with Crippen molar-refractivity contribution in [3.05, 3.63) is 23.8 Å². The Labute approximate surface area is 91.1 Å². The predicted octanol–water partition coefficient (Wildman–Crippen LogP) is 2.29. The minimum absolute atomic E-state index is 0.201. The SMILES string of the molecule is CCCCNCc1ccc(OC)c(O)c1. The monoisotopic (exact) mass is 209 g/mol. The lowest BCUT2D eigenvalue weighted by molar-refractivity contribution is 0.373. The average molecular weight is 209 g/mol. The van der Waals surface area contributed by atoms with E-state index in [9.17, 15) is 5.11 Å². The molecule has 0 amide bonds. The first kappa shape index (κ1) is 11.9. The highest BCUT2D eigenvalue weighted by Gasteiger charge is 2.01. The molecule has 0 radical (unpaired) electrons. The standard InChI is InChI=1S/C12H19NO2/c1-3-4-7-13-9-10-5-6-12(15-2)11(14)8-10/h5-6,8,13-14H,3-4,7,9H2,1-2H3. The van der Waals surface area contributed by atoms with Gasteiger partial charge in [0.25, 0.3) is 0 Å². The smallest absolute Gasteiger partial charge is 0.160 e. The van der Waals surface area contributed by atoms with E-state index in [1.807, 2.05) is 6.07 Å². The van der Waals surface area contributed by atoms with Gasteiger partial charge in [0.15, 0.2) is 11.5 Å². The topological polar surface area (TPSA) is 41.5 Å². The fraction of sp³-hybridized carbons (Fsp3) is 0.500. The molecule has 0 aromatic heterocycles. The highest BCUT2D eigenvalue weighted by molar-refractivity contribution is 5.41. The summed E-state index contributed by atoms with van der Waals surface area (Å²) in [5.74, 6) is 0.722. The lowest BCUT2D eigenvalue weighted by Crippen LogP contribution is -2.14. The third-order valence-electron chi connectivity index (χ3n) is 2.28. The predicted molar refractivity (Wildman–Crippen MR) is 61.3 cm³/mol. The number of unbranched alkanes of at least 4 members (excludes halogenated alkanes) is 1. The molecule has 0 saturated carbocycles. The molecule has 0 aliphatic heterocycles. The first-order chi connectivity index (χ1) is 7.27. The molecule has 0 unspecified atom stereocenters. The van der Waals surface area contributed by atoms with Crippen molar-refractivity contribution in [1.82, 2.24) is 5.32 Å². The van der Waals surface area contributed by atoms with Crippen molar-refractivity contribution in [3.8, 4) is 11.5 Å². The summed E-state index contributed by atoms with van der Waals surface area (Å²) in [6, 6.07) is 5.47. The second kappa shape index (κ2) is 6.30. The first-order valence-corrected chi connectivity index (χ1v) is 5.34. The molecule has 0 saturated heterocycles. The summed E-state index contributed by atoms with van der Waals surface area (Å²) in [6.07, 6.45) is 2.38. The Morgan fingerprint density at radius 3 is 2.80 bits per heavy atom. The number of ether oxygens (including phenoxy) is 1.